The first-order valence-electron chi connectivity index (χ1n) is 1.32. The molecular weight excluding hydrogens is 125 g/mol. The summed E-state index contributed by atoms with van der Waals surface area (Å²) in [5.41, 5.74) is 0. The maximum Gasteiger partial charge on any atom is 2.00 e. The molecule has 0 aliphatic heterocycles. The average molecular weight is 136 g/mol. The molecule has 6 heavy (non-hydrogen) atoms. The molecule has 0 fully saturated rings. The quantitative estimate of drug-likeness (QED) is 0.292. The van der Waals surface area contributed by atoms with E-state index < -0.39 is 0 Å². The smallest absolute Gasteiger partial charge is 0.358 e. The van der Waals surface area contributed by atoms with Crippen LogP contribution in [0.15, 0.2) is 12.7 Å². The minimum absolute atomic E-state index is 0. The summed E-state index contributed by atoms with van der Waals surface area (Å²) < 4.78 is 0. The van der Waals surface area contributed by atoms with Gasteiger partial charge in [-0.3, -0.25) is 0 Å². The van der Waals surface area contributed by atoms with Crippen molar-refractivity contribution in [3.63, 3.8) is 0 Å². The summed E-state index contributed by atoms with van der Waals surface area (Å²) >= 11 is 0. The summed E-state index contributed by atoms with van der Waals surface area (Å²) in [6, 6.07) is 0. The number of hydrogen-bond acceptors (Lipinski definition) is 0. The maximum atomic E-state index is 3.49. The van der Waals surface area contributed by atoms with Gasteiger partial charge >= 0.3 is 19.5 Å². The van der Waals surface area contributed by atoms with E-state index in [9.17, 15) is 0 Å². The van der Waals surface area contributed by atoms with E-state index in [1.165, 1.54) is 0 Å². The van der Waals surface area contributed by atoms with Crippen LogP contribution in [0.1, 0.15) is 6.42 Å². The van der Waals surface area contributed by atoms with Crippen LogP contribution in [0, 0.1) is 14.4 Å². The van der Waals surface area contributed by atoms with Crippen LogP contribution in [-0.2, 0) is 19.5 Å². The molecule has 0 aliphatic rings. The Hall–Kier alpha value is 0.363. The summed E-state index contributed by atoms with van der Waals surface area (Å²) in [6.07, 6.45) is 2.60. The van der Waals surface area contributed by atoms with Crippen molar-refractivity contribution < 1.29 is 19.5 Å². The van der Waals surface area contributed by atoms with Gasteiger partial charge in [0, 0.05) is 0 Å². The molecule has 0 nitrogen and oxygen atoms in total. The van der Waals surface area contributed by atoms with E-state index in [1.54, 1.807) is 6.08 Å². The molecule has 0 heterocycles. The molecule has 0 spiro atoms. The van der Waals surface area contributed by atoms with Crippen molar-refractivity contribution >= 4 is 0 Å². The van der Waals surface area contributed by atoms with Crippen molar-refractivity contribution in [2.75, 3.05) is 0 Å². The molecule has 32 valence electrons. The Kier molecular flexibility index (Phi) is 49.3. The third-order valence-corrected chi connectivity index (χ3v) is 0.204. The van der Waals surface area contributed by atoms with Gasteiger partial charge in [-0.25, -0.2) is 0 Å². The van der Waals surface area contributed by atoms with Crippen LogP contribution in [0.2, 0.25) is 0 Å². The van der Waals surface area contributed by atoms with Crippen molar-refractivity contribution in [1.29, 1.82) is 0 Å². The third kappa shape index (κ3) is 26.6. The van der Waals surface area contributed by atoms with Crippen LogP contribution in [-0.4, -0.2) is 0 Å². The van der Waals surface area contributed by atoms with Crippen molar-refractivity contribution in [1.82, 2.24) is 0 Å². The van der Waals surface area contributed by atoms with E-state index in [-0.39, 0.29) is 26.9 Å². The molecule has 0 aliphatic carbocycles. The second-order valence-electron chi connectivity index (χ2n) is 0.577. The van der Waals surface area contributed by atoms with Crippen LogP contribution in [0.25, 0.3) is 0 Å². The molecule has 0 saturated heterocycles. The topological polar surface area (TPSA) is 0 Å². The molecule has 1 heteroatoms. The fraction of sp³-hybridized carbons (Fsp3) is 0.200. The Morgan fingerprint density at radius 1 is 1.67 bits per heavy atom. The summed E-state index contributed by atoms with van der Waals surface area (Å²) in [7, 11) is 0. The van der Waals surface area contributed by atoms with E-state index in [1.807, 2.05) is 0 Å². The van der Waals surface area contributed by atoms with Crippen LogP contribution < -0.4 is 0 Å². The molecule has 0 N–H and O–H groups in total. The molecule has 0 bridgehead atoms. The first-order valence-corrected chi connectivity index (χ1v) is 1.32. The van der Waals surface area contributed by atoms with Gasteiger partial charge in [0.2, 0.25) is 0 Å². The van der Waals surface area contributed by atoms with Crippen LogP contribution >= 0.6 is 0 Å². The summed E-state index contributed by atoms with van der Waals surface area (Å²) in [5.74, 6) is 0. The average Bonchev–Trinajstić information content (AvgIpc) is 1.37. The molecule has 0 saturated carbocycles. The van der Waals surface area contributed by atoms with E-state index in [4.69, 9.17) is 0 Å². The van der Waals surface area contributed by atoms with Gasteiger partial charge in [0.05, 0.1) is 0 Å². The van der Waals surface area contributed by atoms with Crippen molar-refractivity contribution in [2.45, 2.75) is 6.42 Å². The summed E-state index contributed by atoms with van der Waals surface area (Å²) in [5, 5.41) is 0. The van der Waals surface area contributed by atoms with Crippen molar-refractivity contribution in [3.8, 4) is 0 Å². The molecule has 0 radical (unpaired) electrons. The fourth-order valence-electron chi connectivity index (χ4n) is 0. The van der Waals surface area contributed by atoms with Crippen LogP contribution in [0.3, 0.4) is 0 Å². The Labute approximate surface area is 53.4 Å². The normalized spacial score (nSPS) is 4.17. The standard InChI is InChI=1S/C4H7.CH3.Zn/c1-3-4-2;;/h3H,1-2,4H2;1H3;/q2*-1;+2. The van der Waals surface area contributed by atoms with Gasteiger partial charge in [-0.05, 0) is 0 Å². The van der Waals surface area contributed by atoms with Crippen LogP contribution in [0.4, 0.5) is 0 Å². The second-order valence-corrected chi connectivity index (χ2v) is 0.577. The zero-order valence-electron chi connectivity index (χ0n) is 4.41. The minimum atomic E-state index is 0. The van der Waals surface area contributed by atoms with E-state index in [0.29, 0.717) is 0 Å². The SMILES string of the molecule is C=CC[CH2-].[CH3-].[Zn+2]. The maximum absolute atomic E-state index is 3.49. The first-order chi connectivity index (χ1) is 1.91. The molecule has 0 unspecified atom stereocenters. The van der Waals surface area contributed by atoms with Gasteiger partial charge in [0.25, 0.3) is 0 Å². The molecule has 0 atom stereocenters. The molecule has 0 aromatic carbocycles. The van der Waals surface area contributed by atoms with E-state index in [2.05, 4.69) is 13.5 Å². The van der Waals surface area contributed by atoms with Gasteiger partial charge < -0.3 is 14.4 Å². The number of rotatable bonds is 1. The Balaban J connectivity index is -0.0000000450. The van der Waals surface area contributed by atoms with Crippen LogP contribution in [0.5, 0.6) is 0 Å². The molecule has 0 aromatic rings. The largest absolute Gasteiger partial charge is 2.00 e. The molecule has 0 amide bonds. The third-order valence-electron chi connectivity index (χ3n) is 0.204. The number of hydrogen-bond donors (Lipinski definition) is 0. The molecule has 0 rings (SSSR count). The Morgan fingerprint density at radius 3 is 1.83 bits per heavy atom. The van der Waals surface area contributed by atoms with Crippen molar-refractivity contribution in [2.24, 2.45) is 0 Å². The fourth-order valence-corrected chi connectivity index (χ4v) is 0. The summed E-state index contributed by atoms with van der Waals surface area (Å²) in [4.78, 5) is 0. The van der Waals surface area contributed by atoms with Gasteiger partial charge in [-0.2, -0.15) is 6.42 Å². The van der Waals surface area contributed by atoms with Gasteiger partial charge in [-0.1, -0.05) is 0 Å². The summed E-state index contributed by atoms with van der Waals surface area (Å²) in [6.45, 7) is 6.90. The van der Waals surface area contributed by atoms with Gasteiger partial charge in [0.1, 0.15) is 0 Å². The second kappa shape index (κ2) is 18.3. The monoisotopic (exact) mass is 134 g/mol. The predicted molar refractivity (Wildman–Crippen MR) is 26.6 cm³/mol. The zero-order valence-corrected chi connectivity index (χ0v) is 7.37. The Bertz CT molecular complexity index is 17.9. The van der Waals surface area contributed by atoms with E-state index in [0.717, 1.165) is 6.42 Å². The van der Waals surface area contributed by atoms with E-state index >= 15 is 0 Å². The minimum Gasteiger partial charge on any atom is -0.358 e. The zero-order chi connectivity index (χ0) is 3.41. The Morgan fingerprint density at radius 2 is 1.83 bits per heavy atom. The van der Waals surface area contributed by atoms with Gasteiger partial charge in [0.15, 0.2) is 0 Å². The van der Waals surface area contributed by atoms with Crippen molar-refractivity contribution in [3.05, 3.63) is 27.0 Å². The molecule has 0 aromatic heterocycles. The van der Waals surface area contributed by atoms with Gasteiger partial charge in [-0.15, -0.1) is 12.7 Å². The number of allylic oxidation sites excluding steroid dienone is 1. The predicted octanol–water partition coefficient (Wildman–Crippen LogP) is 1.84. The molecular formula is C5H10Zn. The first kappa shape index (κ1) is 16.2.